The third kappa shape index (κ3) is 3.58. The standard InChI is InChI=1S/C17H24N2O.ClH/c1-13-4-5-15(14-6-8-18-9-7-14)12-16(13)17(20)19-10-2-3-11-19;/h4-5,12,14,18H,2-3,6-11H2,1H3;1H. The number of nitrogens with zero attached hydrogens (tertiary/aromatic N) is 1. The SMILES string of the molecule is Cc1ccc(C2CCNCC2)cc1C(=O)N1CCCC1.Cl. The molecule has 0 aliphatic carbocycles. The van der Waals surface area contributed by atoms with Crippen molar-refractivity contribution in [1.82, 2.24) is 10.2 Å². The average molecular weight is 309 g/mol. The number of carbonyl (C=O) groups excluding carboxylic acids is 1. The number of rotatable bonds is 2. The minimum atomic E-state index is 0. The van der Waals surface area contributed by atoms with E-state index in [9.17, 15) is 4.79 Å². The van der Waals surface area contributed by atoms with Gasteiger partial charge in [0.2, 0.25) is 0 Å². The first-order chi connectivity index (χ1) is 9.75. The second kappa shape index (κ2) is 7.28. The molecule has 0 atom stereocenters. The zero-order chi connectivity index (χ0) is 13.9. The number of halogens is 1. The molecule has 2 heterocycles. The predicted molar refractivity (Wildman–Crippen MR) is 88.4 cm³/mol. The van der Waals surface area contributed by atoms with E-state index >= 15 is 0 Å². The third-order valence-corrected chi connectivity index (χ3v) is 4.70. The maximum absolute atomic E-state index is 12.6. The molecule has 21 heavy (non-hydrogen) atoms. The molecular weight excluding hydrogens is 284 g/mol. The lowest BCUT2D eigenvalue weighted by atomic mass is 9.88. The number of benzene rings is 1. The highest BCUT2D eigenvalue weighted by molar-refractivity contribution is 5.96. The van der Waals surface area contributed by atoms with Gasteiger partial charge in [0.15, 0.2) is 0 Å². The van der Waals surface area contributed by atoms with Crippen molar-refractivity contribution in [3.05, 3.63) is 34.9 Å². The zero-order valence-corrected chi connectivity index (χ0v) is 13.5. The molecule has 116 valence electrons. The lowest BCUT2D eigenvalue weighted by Gasteiger charge is -2.24. The normalized spacial score (nSPS) is 19.4. The van der Waals surface area contributed by atoms with Crippen LogP contribution in [0.1, 0.15) is 53.1 Å². The Balaban J connectivity index is 0.00000161. The van der Waals surface area contributed by atoms with Crippen LogP contribution < -0.4 is 5.32 Å². The summed E-state index contributed by atoms with van der Waals surface area (Å²) in [5.74, 6) is 0.845. The molecule has 0 spiro atoms. The average Bonchev–Trinajstić information content (AvgIpc) is 3.02. The predicted octanol–water partition coefficient (Wildman–Crippen LogP) is 3.12. The molecule has 2 fully saturated rings. The lowest BCUT2D eigenvalue weighted by molar-refractivity contribution is 0.0792. The minimum Gasteiger partial charge on any atom is -0.339 e. The highest BCUT2D eigenvalue weighted by atomic mass is 35.5. The smallest absolute Gasteiger partial charge is 0.254 e. The molecule has 0 saturated carbocycles. The van der Waals surface area contributed by atoms with E-state index in [2.05, 4.69) is 30.4 Å². The molecule has 1 aromatic carbocycles. The van der Waals surface area contributed by atoms with E-state index in [1.165, 1.54) is 18.4 Å². The maximum Gasteiger partial charge on any atom is 0.254 e. The van der Waals surface area contributed by atoms with Gasteiger partial charge in [0.05, 0.1) is 0 Å². The van der Waals surface area contributed by atoms with Crippen LogP contribution >= 0.6 is 12.4 Å². The summed E-state index contributed by atoms with van der Waals surface area (Å²) in [6.07, 6.45) is 4.67. The van der Waals surface area contributed by atoms with E-state index in [4.69, 9.17) is 0 Å². The van der Waals surface area contributed by atoms with Gasteiger partial charge in [0.1, 0.15) is 0 Å². The number of hydrogen-bond acceptors (Lipinski definition) is 2. The molecule has 4 heteroatoms. The van der Waals surface area contributed by atoms with E-state index in [-0.39, 0.29) is 18.3 Å². The van der Waals surface area contributed by atoms with E-state index in [1.54, 1.807) is 0 Å². The Kier molecular flexibility index (Phi) is 5.65. The number of amides is 1. The first-order valence-electron chi connectivity index (χ1n) is 7.86. The van der Waals surface area contributed by atoms with Gasteiger partial charge in [-0.1, -0.05) is 12.1 Å². The molecule has 0 unspecified atom stereocenters. The number of carbonyl (C=O) groups is 1. The van der Waals surface area contributed by atoms with Gasteiger partial charge in [-0.2, -0.15) is 0 Å². The molecule has 3 nitrogen and oxygen atoms in total. The Labute approximate surface area is 133 Å². The topological polar surface area (TPSA) is 32.3 Å². The quantitative estimate of drug-likeness (QED) is 0.910. The minimum absolute atomic E-state index is 0. The molecule has 1 N–H and O–H groups in total. The van der Waals surface area contributed by atoms with E-state index < -0.39 is 0 Å². The van der Waals surface area contributed by atoms with Crippen molar-refractivity contribution in [2.75, 3.05) is 26.2 Å². The van der Waals surface area contributed by atoms with Crippen LogP contribution in [0.25, 0.3) is 0 Å². The van der Waals surface area contributed by atoms with Crippen molar-refractivity contribution in [3.63, 3.8) is 0 Å². The largest absolute Gasteiger partial charge is 0.339 e. The summed E-state index contributed by atoms with van der Waals surface area (Å²) in [5.41, 5.74) is 3.38. The fourth-order valence-corrected chi connectivity index (χ4v) is 3.37. The molecule has 1 aromatic rings. The van der Waals surface area contributed by atoms with Gasteiger partial charge in [0.25, 0.3) is 5.91 Å². The summed E-state index contributed by atoms with van der Waals surface area (Å²) in [6, 6.07) is 6.50. The summed E-state index contributed by atoms with van der Waals surface area (Å²) < 4.78 is 0. The molecule has 2 aliphatic heterocycles. The summed E-state index contributed by atoms with van der Waals surface area (Å²) >= 11 is 0. The van der Waals surface area contributed by atoms with Gasteiger partial charge in [0, 0.05) is 18.7 Å². The number of hydrogen-bond donors (Lipinski definition) is 1. The molecule has 0 bridgehead atoms. The Bertz CT molecular complexity index is 492. The van der Waals surface area contributed by atoms with Crippen molar-refractivity contribution < 1.29 is 4.79 Å². The van der Waals surface area contributed by atoms with Crippen LogP contribution in [0.3, 0.4) is 0 Å². The van der Waals surface area contributed by atoms with Gasteiger partial charge in [-0.15, -0.1) is 12.4 Å². The molecule has 2 saturated heterocycles. The number of piperidine rings is 1. The van der Waals surface area contributed by atoms with Crippen LogP contribution in [0.15, 0.2) is 18.2 Å². The fourth-order valence-electron chi connectivity index (χ4n) is 3.37. The Morgan fingerprint density at radius 2 is 1.86 bits per heavy atom. The summed E-state index contributed by atoms with van der Waals surface area (Å²) in [7, 11) is 0. The lowest BCUT2D eigenvalue weighted by Crippen LogP contribution is -2.29. The number of likely N-dealkylation sites (tertiary alicyclic amines) is 1. The van der Waals surface area contributed by atoms with Gasteiger partial charge in [-0.05, 0) is 68.8 Å². The third-order valence-electron chi connectivity index (χ3n) is 4.70. The molecular formula is C17H25ClN2O. The maximum atomic E-state index is 12.6. The van der Waals surface area contributed by atoms with Crippen molar-refractivity contribution in [1.29, 1.82) is 0 Å². The number of nitrogens with one attached hydrogen (secondary N) is 1. The Morgan fingerprint density at radius 1 is 1.19 bits per heavy atom. The monoisotopic (exact) mass is 308 g/mol. The van der Waals surface area contributed by atoms with Crippen LogP contribution in [0.5, 0.6) is 0 Å². The van der Waals surface area contributed by atoms with E-state index in [0.29, 0.717) is 5.92 Å². The van der Waals surface area contributed by atoms with E-state index in [0.717, 1.165) is 50.1 Å². The second-order valence-electron chi connectivity index (χ2n) is 6.10. The van der Waals surface area contributed by atoms with Crippen LogP contribution in [-0.2, 0) is 0 Å². The molecule has 2 aliphatic rings. The summed E-state index contributed by atoms with van der Waals surface area (Å²) in [5, 5.41) is 3.40. The van der Waals surface area contributed by atoms with Crippen LogP contribution in [0, 0.1) is 6.92 Å². The Hall–Kier alpha value is -1.06. The van der Waals surface area contributed by atoms with Crippen molar-refractivity contribution in [3.8, 4) is 0 Å². The van der Waals surface area contributed by atoms with Crippen molar-refractivity contribution >= 4 is 18.3 Å². The van der Waals surface area contributed by atoms with Crippen LogP contribution in [0.2, 0.25) is 0 Å². The van der Waals surface area contributed by atoms with Crippen molar-refractivity contribution in [2.45, 2.75) is 38.5 Å². The summed E-state index contributed by atoms with van der Waals surface area (Å²) in [6.45, 7) is 6.09. The van der Waals surface area contributed by atoms with Crippen LogP contribution in [0.4, 0.5) is 0 Å². The number of aryl methyl sites for hydroxylation is 1. The van der Waals surface area contributed by atoms with Gasteiger partial charge in [-0.25, -0.2) is 0 Å². The summed E-state index contributed by atoms with van der Waals surface area (Å²) in [4.78, 5) is 14.6. The first-order valence-corrected chi connectivity index (χ1v) is 7.86. The fraction of sp³-hybridized carbons (Fsp3) is 0.588. The first kappa shape index (κ1) is 16.3. The Morgan fingerprint density at radius 3 is 2.52 bits per heavy atom. The van der Waals surface area contributed by atoms with Crippen molar-refractivity contribution in [2.24, 2.45) is 0 Å². The highest BCUT2D eigenvalue weighted by Gasteiger charge is 2.22. The molecule has 0 aromatic heterocycles. The van der Waals surface area contributed by atoms with Gasteiger partial charge in [-0.3, -0.25) is 4.79 Å². The van der Waals surface area contributed by atoms with Gasteiger partial charge < -0.3 is 10.2 Å². The zero-order valence-electron chi connectivity index (χ0n) is 12.7. The second-order valence-corrected chi connectivity index (χ2v) is 6.10. The van der Waals surface area contributed by atoms with Gasteiger partial charge >= 0.3 is 0 Å². The van der Waals surface area contributed by atoms with E-state index in [1.807, 2.05) is 4.90 Å². The molecule has 0 radical (unpaired) electrons. The van der Waals surface area contributed by atoms with Crippen LogP contribution in [-0.4, -0.2) is 37.0 Å². The molecule has 1 amide bonds. The highest BCUT2D eigenvalue weighted by Crippen LogP contribution is 2.27. The molecule has 3 rings (SSSR count).